The highest BCUT2D eigenvalue weighted by Gasteiger charge is 2.22. The number of aromatic amines is 1. The first-order chi connectivity index (χ1) is 12.2. The van der Waals surface area contributed by atoms with Gasteiger partial charge in [-0.25, -0.2) is 14.0 Å². The van der Waals surface area contributed by atoms with E-state index in [2.05, 4.69) is 0 Å². The van der Waals surface area contributed by atoms with Crippen LogP contribution < -0.4 is 21.7 Å². The standard InChI is InChI=1S/C16H16FN3O6/c1-8(26-10-5-3-9(17)4-6-10)15(23)25-7-11(21)12-13(18)20(2)16(24)19-14(12)22/h3-6,8H,7,18H2,1-2H3,(H,19,22,24)/t8-/m0/s1. The predicted octanol–water partition coefficient (Wildman–Crippen LogP) is -0.0117. The summed E-state index contributed by atoms with van der Waals surface area (Å²) in [5.74, 6) is -2.31. The number of H-pyrrole nitrogens is 1. The van der Waals surface area contributed by atoms with E-state index in [1.807, 2.05) is 4.98 Å². The lowest BCUT2D eigenvalue weighted by molar-refractivity contribution is -0.149. The summed E-state index contributed by atoms with van der Waals surface area (Å²) in [6.45, 7) is 0.616. The van der Waals surface area contributed by atoms with Gasteiger partial charge in [0, 0.05) is 7.05 Å². The zero-order chi connectivity index (χ0) is 19.4. The number of benzene rings is 1. The van der Waals surface area contributed by atoms with Crippen LogP contribution in [0, 0.1) is 5.82 Å². The van der Waals surface area contributed by atoms with E-state index >= 15 is 0 Å². The number of nitrogens with zero attached hydrogens (tertiary/aromatic N) is 1. The second-order valence-corrected chi connectivity index (χ2v) is 5.32. The predicted molar refractivity (Wildman–Crippen MR) is 88.5 cm³/mol. The second kappa shape index (κ2) is 7.64. The number of rotatable bonds is 6. The maximum atomic E-state index is 12.8. The van der Waals surface area contributed by atoms with Crippen molar-refractivity contribution < 1.29 is 23.5 Å². The number of esters is 1. The third-order valence-corrected chi connectivity index (χ3v) is 3.45. The summed E-state index contributed by atoms with van der Waals surface area (Å²) in [4.78, 5) is 49.0. The summed E-state index contributed by atoms with van der Waals surface area (Å²) >= 11 is 0. The number of nitrogens with one attached hydrogen (secondary N) is 1. The number of anilines is 1. The summed E-state index contributed by atoms with van der Waals surface area (Å²) in [5.41, 5.74) is 3.37. The zero-order valence-corrected chi connectivity index (χ0v) is 13.9. The summed E-state index contributed by atoms with van der Waals surface area (Å²) < 4.78 is 23.8. The van der Waals surface area contributed by atoms with Gasteiger partial charge >= 0.3 is 11.7 Å². The van der Waals surface area contributed by atoms with E-state index in [4.69, 9.17) is 15.2 Å². The molecule has 1 heterocycles. The van der Waals surface area contributed by atoms with Crippen LogP contribution in [0.25, 0.3) is 0 Å². The normalized spacial score (nSPS) is 11.7. The van der Waals surface area contributed by atoms with Gasteiger partial charge in [-0.3, -0.25) is 19.1 Å². The number of ether oxygens (including phenoxy) is 2. The van der Waals surface area contributed by atoms with Crippen molar-refractivity contribution in [3.63, 3.8) is 0 Å². The van der Waals surface area contributed by atoms with Gasteiger partial charge < -0.3 is 15.2 Å². The molecule has 0 unspecified atom stereocenters. The van der Waals surface area contributed by atoms with E-state index in [1.165, 1.54) is 26.1 Å². The molecule has 0 fully saturated rings. The molecule has 0 bridgehead atoms. The van der Waals surface area contributed by atoms with Gasteiger partial charge in [0.25, 0.3) is 5.56 Å². The minimum Gasteiger partial charge on any atom is -0.479 e. The first-order valence-corrected chi connectivity index (χ1v) is 7.41. The number of halogens is 1. The second-order valence-electron chi connectivity index (χ2n) is 5.32. The van der Waals surface area contributed by atoms with E-state index in [-0.39, 0.29) is 11.6 Å². The molecule has 9 nitrogen and oxygen atoms in total. The molecule has 26 heavy (non-hydrogen) atoms. The van der Waals surface area contributed by atoms with Crippen molar-refractivity contribution in [3.05, 3.63) is 56.5 Å². The molecule has 0 radical (unpaired) electrons. The first kappa shape index (κ1) is 18.9. The maximum Gasteiger partial charge on any atom is 0.347 e. The Bertz CT molecular complexity index is 948. The third-order valence-electron chi connectivity index (χ3n) is 3.45. The number of ketones is 1. The largest absolute Gasteiger partial charge is 0.479 e. The van der Waals surface area contributed by atoms with Crippen LogP contribution in [0.4, 0.5) is 10.2 Å². The Morgan fingerprint density at radius 2 is 1.88 bits per heavy atom. The van der Waals surface area contributed by atoms with E-state index in [9.17, 15) is 23.6 Å². The van der Waals surface area contributed by atoms with Crippen molar-refractivity contribution in [3.8, 4) is 5.75 Å². The molecule has 0 aliphatic carbocycles. The van der Waals surface area contributed by atoms with Gasteiger partial charge in [0.15, 0.2) is 12.7 Å². The fraction of sp³-hybridized carbons (Fsp3) is 0.250. The minimum atomic E-state index is -1.08. The Kier molecular flexibility index (Phi) is 5.55. The smallest absolute Gasteiger partial charge is 0.347 e. The topological polar surface area (TPSA) is 133 Å². The van der Waals surface area contributed by atoms with Gasteiger partial charge in [-0.05, 0) is 31.2 Å². The highest BCUT2D eigenvalue weighted by molar-refractivity contribution is 6.01. The van der Waals surface area contributed by atoms with Gasteiger partial charge in [0.2, 0.25) is 5.78 Å². The van der Waals surface area contributed by atoms with Gasteiger partial charge in [-0.1, -0.05) is 0 Å². The zero-order valence-electron chi connectivity index (χ0n) is 13.9. The molecule has 0 aliphatic rings. The summed E-state index contributed by atoms with van der Waals surface area (Å²) in [5, 5.41) is 0. The molecule has 0 amide bonds. The molecule has 138 valence electrons. The molecule has 1 aromatic carbocycles. The molecule has 2 rings (SSSR count). The fourth-order valence-corrected chi connectivity index (χ4v) is 2.00. The summed E-state index contributed by atoms with van der Waals surface area (Å²) in [6.07, 6.45) is -1.08. The van der Waals surface area contributed by atoms with Crippen LogP contribution in [0.5, 0.6) is 5.75 Å². The molecule has 0 saturated carbocycles. The lowest BCUT2D eigenvalue weighted by Gasteiger charge is -2.14. The average Bonchev–Trinajstić information content (AvgIpc) is 2.59. The Hall–Kier alpha value is -3.43. The molecular weight excluding hydrogens is 349 g/mol. The minimum absolute atomic E-state index is 0.237. The molecule has 0 aliphatic heterocycles. The van der Waals surface area contributed by atoms with Crippen LogP contribution in [0.2, 0.25) is 0 Å². The van der Waals surface area contributed by atoms with Crippen molar-refractivity contribution in [1.29, 1.82) is 0 Å². The van der Waals surface area contributed by atoms with Crippen molar-refractivity contribution in [2.45, 2.75) is 13.0 Å². The van der Waals surface area contributed by atoms with Gasteiger partial charge in [0.1, 0.15) is 22.9 Å². The highest BCUT2D eigenvalue weighted by atomic mass is 19.1. The number of Topliss-reactive ketones (excluding diaryl/α,β-unsaturated/α-hetero) is 1. The van der Waals surface area contributed by atoms with Gasteiger partial charge in [-0.15, -0.1) is 0 Å². The van der Waals surface area contributed by atoms with Crippen LogP contribution in [0.1, 0.15) is 17.3 Å². The molecule has 1 atom stereocenters. The van der Waals surface area contributed by atoms with Crippen LogP contribution in [0.15, 0.2) is 33.9 Å². The Morgan fingerprint density at radius 3 is 2.50 bits per heavy atom. The first-order valence-electron chi connectivity index (χ1n) is 7.41. The Labute approximate surface area is 146 Å². The van der Waals surface area contributed by atoms with Crippen molar-refractivity contribution in [2.24, 2.45) is 7.05 Å². The molecule has 0 spiro atoms. The van der Waals surface area contributed by atoms with Crippen molar-refractivity contribution in [2.75, 3.05) is 12.3 Å². The number of hydrogen-bond acceptors (Lipinski definition) is 7. The number of nitrogen functional groups attached to an aromatic ring is 1. The van der Waals surface area contributed by atoms with E-state index in [0.717, 1.165) is 16.7 Å². The van der Waals surface area contributed by atoms with Crippen LogP contribution >= 0.6 is 0 Å². The molecule has 1 aromatic heterocycles. The third kappa shape index (κ3) is 4.15. The van der Waals surface area contributed by atoms with Crippen LogP contribution in [-0.2, 0) is 16.6 Å². The van der Waals surface area contributed by atoms with Crippen LogP contribution in [0.3, 0.4) is 0 Å². The molecule has 2 aromatic rings. The van der Waals surface area contributed by atoms with Gasteiger partial charge in [0.05, 0.1) is 0 Å². The Balaban J connectivity index is 2.02. The average molecular weight is 365 g/mol. The molecule has 0 saturated heterocycles. The number of carbonyl (C=O) groups excluding carboxylic acids is 2. The monoisotopic (exact) mass is 365 g/mol. The number of nitrogens with two attached hydrogens (primary N) is 1. The van der Waals surface area contributed by atoms with Crippen molar-refractivity contribution >= 4 is 17.6 Å². The number of carbonyl (C=O) groups is 2. The number of aromatic nitrogens is 2. The lowest BCUT2D eigenvalue weighted by atomic mass is 10.2. The van der Waals surface area contributed by atoms with E-state index in [0.29, 0.717) is 0 Å². The van der Waals surface area contributed by atoms with E-state index in [1.54, 1.807) is 0 Å². The molecule has 10 heteroatoms. The van der Waals surface area contributed by atoms with Crippen molar-refractivity contribution in [1.82, 2.24) is 9.55 Å². The van der Waals surface area contributed by atoms with E-state index < -0.39 is 47.1 Å². The molecule has 3 N–H and O–H groups in total. The summed E-state index contributed by atoms with van der Waals surface area (Å²) in [7, 11) is 1.27. The van der Waals surface area contributed by atoms with Crippen LogP contribution in [-0.4, -0.2) is 34.0 Å². The SMILES string of the molecule is C[C@H](Oc1ccc(F)cc1)C(=O)OCC(=O)c1c(N)n(C)c(=O)[nH]c1=O. The maximum absolute atomic E-state index is 12.8. The molecular formula is C16H16FN3O6. The lowest BCUT2D eigenvalue weighted by Crippen LogP contribution is -2.36. The Morgan fingerprint density at radius 1 is 1.27 bits per heavy atom. The van der Waals surface area contributed by atoms with Gasteiger partial charge in [-0.2, -0.15) is 0 Å². The highest BCUT2D eigenvalue weighted by Crippen LogP contribution is 2.13. The number of hydrogen-bond donors (Lipinski definition) is 2. The fourth-order valence-electron chi connectivity index (χ4n) is 2.00. The quantitative estimate of drug-likeness (QED) is 0.543. The summed E-state index contributed by atoms with van der Waals surface area (Å²) in [6, 6.07) is 4.97.